The fourth-order valence-electron chi connectivity index (χ4n) is 2.36. The van der Waals surface area contributed by atoms with Crippen molar-refractivity contribution < 1.29 is 13.5 Å². The van der Waals surface area contributed by atoms with Crippen LogP contribution in [-0.4, -0.2) is 22.3 Å². The first kappa shape index (κ1) is 11.4. The summed E-state index contributed by atoms with van der Waals surface area (Å²) in [6.45, 7) is 0.901. The van der Waals surface area contributed by atoms with Crippen LogP contribution in [0.1, 0.15) is 12.8 Å². The highest BCUT2D eigenvalue weighted by atomic mass is 19.2. The van der Waals surface area contributed by atoms with E-state index in [1.165, 1.54) is 10.6 Å². The van der Waals surface area contributed by atoms with Gasteiger partial charge in [-0.25, -0.2) is 13.6 Å². The number of imidazole rings is 1. The van der Waals surface area contributed by atoms with Crippen LogP contribution >= 0.6 is 0 Å². The number of halogens is 2. The van der Waals surface area contributed by atoms with Gasteiger partial charge in [-0.3, -0.25) is 4.57 Å². The number of H-pyrrole nitrogens is 1. The Hall–Kier alpha value is -1.69. The molecule has 0 saturated carbocycles. The maximum atomic E-state index is 13.8. The summed E-state index contributed by atoms with van der Waals surface area (Å²) < 4.78 is 33.6. The summed E-state index contributed by atoms with van der Waals surface area (Å²) in [5.41, 5.74) is -0.155. The number of hydrogen-bond acceptors (Lipinski definition) is 2. The van der Waals surface area contributed by atoms with E-state index in [-0.39, 0.29) is 18.2 Å². The SMILES string of the molecule is O=c1[nH]c2ccc(F)c(F)c2n1CC1CCCO1. The molecule has 0 spiro atoms. The summed E-state index contributed by atoms with van der Waals surface area (Å²) >= 11 is 0. The van der Waals surface area contributed by atoms with E-state index in [9.17, 15) is 13.6 Å². The Balaban J connectivity index is 2.12. The van der Waals surface area contributed by atoms with Crippen LogP contribution in [0.25, 0.3) is 11.0 Å². The van der Waals surface area contributed by atoms with Crippen molar-refractivity contribution in [2.24, 2.45) is 0 Å². The quantitative estimate of drug-likeness (QED) is 0.888. The van der Waals surface area contributed by atoms with Crippen molar-refractivity contribution in [3.8, 4) is 0 Å². The van der Waals surface area contributed by atoms with Gasteiger partial charge in [0.2, 0.25) is 0 Å². The molecule has 1 N–H and O–H groups in total. The molecule has 18 heavy (non-hydrogen) atoms. The molecular weight excluding hydrogens is 242 g/mol. The molecule has 1 aromatic carbocycles. The van der Waals surface area contributed by atoms with Crippen LogP contribution in [0.3, 0.4) is 0 Å². The molecule has 6 heteroatoms. The van der Waals surface area contributed by atoms with Gasteiger partial charge in [-0.1, -0.05) is 0 Å². The molecular formula is C12H12F2N2O2. The summed E-state index contributed by atoms with van der Waals surface area (Å²) in [6.07, 6.45) is 1.65. The number of fused-ring (bicyclic) bond motifs is 1. The molecule has 1 unspecified atom stereocenters. The average molecular weight is 254 g/mol. The molecule has 1 fully saturated rings. The van der Waals surface area contributed by atoms with Gasteiger partial charge in [-0.2, -0.15) is 0 Å². The van der Waals surface area contributed by atoms with Gasteiger partial charge < -0.3 is 9.72 Å². The Kier molecular flexibility index (Phi) is 2.66. The highest BCUT2D eigenvalue weighted by molar-refractivity contribution is 5.76. The van der Waals surface area contributed by atoms with Crippen molar-refractivity contribution in [2.75, 3.05) is 6.61 Å². The van der Waals surface area contributed by atoms with Crippen molar-refractivity contribution in [2.45, 2.75) is 25.5 Å². The standard InChI is InChI=1S/C12H12F2N2O2/c13-8-3-4-9-11(10(8)14)16(12(17)15-9)6-7-2-1-5-18-7/h3-4,7H,1-2,5-6H2,(H,15,17). The zero-order chi connectivity index (χ0) is 12.7. The fourth-order valence-corrected chi connectivity index (χ4v) is 2.36. The first-order valence-electron chi connectivity index (χ1n) is 5.85. The van der Waals surface area contributed by atoms with Crippen molar-refractivity contribution in [1.29, 1.82) is 0 Å². The van der Waals surface area contributed by atoms with Crippen LogP contribution < -0.4 is 5.69 Å². The van der Waals surface area contributed by atoms with Gasteiger partial charge in [-0.05, 0) is 25.0 Å². The number of hydrogen-bond donors (Lipinski definition) is 1. The largest absolute Gasteiger partial charge is 0.376 e. The predicted octanol–water partition coefficient (Wildman–Crippen LogP) is 1.79. The zero-order valence-corrected chi connectivity index (χ0v) is 9.58. The maximum absolute atomic E-state index is 13.8. The van der Waals surface area contributed by atoms with Crippen molar-refractivity contribution >= 4 is 11.0 Å². The van der Waals surface area contributed by atoms with Gasteiger partial charge in [-0.15, -0.1) is 0 Å². The first-order valence-corrected chi connectivity index (χ1v) is 5.85. The maximum Gasteiger partial charge on any atom is 0.326 e. The summed E-state index contributed by atoms with van der Waals surface area (Å²) in [6, 6.07) is 2.37. The average Bonchev–Trinajstić information content (AvgIpc) is 2.94. The molecule has 0 aliphatic carbocycles. The molecule has 2 aromatic rings. The van der Waals surface area contributed by atoms with E-state index in [1.54, 1.807) is 0 Å². The van der Waals surface area contributed by atoms with E-state index in [0.717, 1.165) is 18.9 Å². The third-order valence-electron chi connectivity index (χ3n) is 3.24. The lowest BCUT2D eigenvalue weighted by atomic mass is 10.2. The molecule has 1 saturated heterocycles. The van der Waals surface area contributed by atoms with Gasteiger partial charge in [0.05, 0.1) is 18.2 Å². The van der Waals surface area contributed by atoms with Crippen molar-refractivity contribution in [3.63, 3.8) is 0 Å². The summed E-state index contributed by atoms with van der Waals surface area (Å²) in [4.78, 5) is 14.3. The second-order valence-corrected chi connectivity index (χ2v) is 4.43. The topological polar surface area (TPSA) is 47.0 Å². The highest BCUT2D eigenvalue weighted by Gasteiger charge is 2.21. The summed E-state index contributed by atoms with van der Waals surface area (Å²) in [5, 5.41) is 0. The number of ether oxygens (including phenoxy) is 1. The van der Waals surface area contributed by atoms with E-state index in [1.807, 2.05) is 0 Å². The minimum absolute atomic E-state index is 0.0181. The van der Waals surface area contributed by atoms with Crippen LogP contribution in [0.4, 0.5) is 8.78 Å². The third-order valence-corrected chi connectivity index (χ3v) is 3.24. The molecule has 96 valence electrons. The molecule has 1 atom stereocenters. The molecule has 2 heterocycles. The van der Waals surface area contributed by atoms with Crippen molar-refractivity contribution in [1.82, 2.24) is 9.55 Å². The van der Waals surface area contributed by atoms with Gasteiger partial charge in [0.15, 0.2) is 11.6 Å². The van der Waals surface area contributed by atoms with Crippen LogP contribution in [0.2, 0.25) is 0 Å². The molecule has 0 amide bonds. The number of aromatic nitrogens is 2. The van der Waals surface area contributed by atoms with E-state index in [2.05, 4.69) is 4.98 Å². The number of nitrogens with one attached hydrogen (secondary N) is 1. The van der Waals surface area contributed by atoms with E-state index in [0.29, 0.717) is 12.1 Å². The normalized spacial score (nSPS) is 19.8. The minimum atomic E-state index is -0.996. The van der Waals surface area contributed by atoms with Crippen LogP contribution in [-0.2, 0) is 11.3 Å². The predicted molar refractivity (Wildman–Crippen MR) is 61.4 cm³/mol. The van der Waals surface area contributed by atoms with Crippen LogP contribution in [0, 0.1) is 11.6 Å². The van der Waals surface area contributed by atoms with Crippen LogP contribution in [0.15, 0.2) is 16.9 Å². The van der Waals surface area contributed by atoms with Gasteiger partial charge in [0.1, 0.15) is 5.52 Å². The van der Waals surface area contributed by atoms with Gasteiger partial charge in [0, 0.05) is 6.61 Å². The molecule has 0 bridgehead atoms. The summed E-state index contributed by atoms with van der Waals surface area (Å²) in [5.74, 6) is -1.95. The van der Waals surface area contributed by atoms with Crippen LogP contribution in [0.5, 0.6) is 0 Å². The smallest absolute Gasteiger partial charge is 0.326 e. The van der Waals surface area contributed by atoms with E-state index < -0.39 is 17.3 Å². The molecule has 1 aliphatic rings. The lowest BCUT2D eigenvalue weighted by molar-refractivity contribution is 0.0970. The molecule has 0 radical (unpaired) electrons. The number of benzene rings is 1. The van der Waals surface area contributed by atoms with E-state index >= 15 is 0 Å². The summed E-state index contributed by atoms with van der Waals surface area (Å²) in [7, 11) is 0. The minimum Gasteiger partial charge on any atom is -0.376 e. The Morgan fingerprint density at radius 1 is 1.44 bits per heavy atom. The van der Waals surface area contributed by atoms with Gasteiger partial charge in [0.25, 0.3) is 0 Å². The zero-order valence-electron chi connectivity index (χ0n) is 9.58. The number of aromatic amines is 1. The number of nitrogens with zero attached hydrogens (tertiary/aromatic N) is 1. The van der Waals surface area contributed by atoms with E-state index in [4.69, 9.17) is 4.74 Å². The Morgan fingerprint density at radius 2 is 2.28 bits per heavy atom. The lowest BCUT2D eigenvalue weighted by Gasteiger charge is -2.10. The molecule has 1 aliphatic heterocycles. The second kappa shape index (κ2) is 4.20. The second-order valence-electron chi connectivity index (χ2n) is 4.43. The Morgan fingerprint density at radius 3 is 3.00 bits per heavy atom. The monoisotopic (exact) mass is 254 g/mol. The molecule has 1 aromatic heterocycles. The molecule has 3 rings (SSSR count). The Labute approximate surface area is 101 Å². The molecule has 4 nitrogen and oxygen atoms in total. The van der Waals surface area contributed by atoms with Crippen molar-refractivity contribution in [3.05, 3.63) is 34.3 Å². The lowest BCUT2D eigenvalue weighted by Crippen LogP contribution is -2.24. The van der Waals surface area contributed by atoms with Gasteiger partial charge >= 0.3 is 5.69 Å². The number of rotatable bonds is 2. The first-order chi connectivity index (χ1) is 8.66. The highest BCUT2D eigenvalue weighted by Crippen LogP contribution is 2.20. The Bertz CT molecular complexity index is 641. The fraction of sp³-hybridized carbons (Fsp3) is 0.417. The third kappa shape index (κ3) is 1.73.